The molecular weight excluding hydrogens is 202 g/mol. The van der Waals surface area contributed by atoms with Crippen LogP contribution in [0.4, 0.5) is 0 Å². The molecule has 4 heteroatoms. The van der Waals surface area contributed by atoms with E-state index in [1.807, 2.05) is 29.9 Å². The molecule has 4 nitrogen and oxygen atoms in total. The van der Waals surface area contributed by atoms with Crippen LogP contribution in [0.2, 0.25) is 0 Å². The Hall–Kier alpha value is -1.55. The lowest BCUT2D eigenvalue weighted by Crippen LogP contribution is -2.30. The number of hydrogen-bond donors (Lipinski definition) is 1. The van der Waals surface area contributed by atoms with Crippen LogP contribution in [-0.2, 0) is 7.05 Å². The Labute approximate surface area is 95.3 Å². The second kappa shape index (κ2) is 4.53. The maximum absolute atomic E-state index is 5.46. The summed E-state index contributed by atoms with van der Waals surface area (Å²) in [5.41, 5.74) is 0. The van der Waals surface area contributed by atoms with Gasteiger partial charge in [0.05, 0.1) is 6.26 Å². The van der Waals surface area contributed by atoms with Crippen molar-refractivity contribution in [1.82, 2.24) is 14.9 Å². The van der Waals surface area contributed by atoms with Crippen LogP contribution in [0.1, 0.15) is 31.5 Å². The fraction of sp³-hybridized carbons (Fsp3) is 0.417. The van der Waals surface area contributed by atoms with Gasteiger partial charge in [-0.3, -0.25) is 5.32 Å². The number of hydrogen-bond acceptors (Lipinski definition) is 3. The third-order valence-corrected chi connectivity index (χ3v) is 2.44. The van der Waals surface area contributed by atoms with Crippen LogP contribution in [0.25, 0.3) is 0 Å². The Morgan fingerprint density at radius 3 is 2.75 bits per heavy atom. The normalized spacial score (nSPS) is 13.2. The molecule has 86 valence electrons. The van der Waals surface area contributed by atoms with E-state index in [-0.39, 0.29) is 6.04 Å². The van der Waals surface area contributed by atoms with E-state index in [2.05, 4.69) is 24.1 Å². The molecule has 0 spiro atoms. The lowest BCUT2D eigenvalue weighted by Gasteiger charge is -2.18. The second-order valence-electron chi connectivity index (χ2n) is 4.17. The highest BCUT2D eigenvalue weighted by atomic mass is 16.3. The van der Waals surface area contributed by atoms with Crippen LogP contribution in [-0.4, -0.2) is 15.6 Å². The van der Waals surface area contributed by atoms with Crippen molar-refractivity contribution in [2.45, 2.75) is 25.9 Å². The van der Waals surface area contributed by atoms with Gasteiger partial charge in [0.25, 0.3) is 0 Å². The van der Waals surface area contributed by atoms with Crippen molar-refractivity contribution in [1.29, 1.82) is 0 Å². The monoisotopic (exact) mass is 219 g/mol. The molecule has 0 saturated heterocycles. The molecule has 0 saturated carbocycles. The summed E-state index contributed by atoms with van der Waals surface area (Å²) in [6.45, 7) is 4.22. The average Bonchev–Trinajstić information content (AvgIpc) is 2.84. The number of imidazole rings is 1. The molecular formula is C12H17N3O. The van der Waals surface area contributed by atoms with E-state index in [1.165, 1.54) is 0 Å². The Balaban J connectivity index is 2.32. The molecule has 2 aromatic rings. The summed E-state index contributed by atoms with van der Waals surface area (Å²) in [5, 5.41) is 3.45. The molecule has 0 amide bonds. The fourth-order valence-electron chi connectivity index (χ4n) is 1.73. The zero-order valence-electron chi connectivity index (χ0n) is 9.84. The number of nitrogens with zero attached hydrogens (tertiary/aromatic N) is 2. The van der Waals surface area contributed by atoms with Gasteiger partial charge in [-0.05, 0) is 26.0 Å². The van der Waals surface area contributed by atoms with Gasteiger partial charge < -0.3 is 8.98 Å². The summed E-state index contributed by atoms with van der Waals surface area (Å²) in [7, 11) is 1.99. The predicted octanol–water partition coefficient (Wildman–Crippen LogP) is 2.10. The Morgan fingerprint density at radius 1 is 1.44 bits per heavy atom. The molecule has 2 heterocycles. The molecule has 2 rings (SSSR count). The molecule has 2 aromatic heterocycles. The zero-order chi connectivity index (χ0) is 11.5. The van der Waals surface area contributed by atoms with Crippen molar-refractivity contribution >= 4 is 0 Å². The molecule has 0 radical (unpaired) electrons. The average molecular weight is 219 g/mol. The van der Waals surface area contributed by atoms with E-state index < -0.39 is 0 Å². The first kappa shape index (κ1) is 11.0. The van der Waals surface area contributed by atoms with Crippen LogP contribution in [0, 0.1) is 0 Å². The Morgan fingerprint density at radius 2 is 2.25 bits per heavy atom. The van der Waals surface area contributed by atoms with Crippen molar-refractivity contribution < 1.29 is 4.42 Å². The molecule has 1 unspecified atom stereocenters. The Bertz CT molecular complexity index is 431. The molecule has 0 aliphatic heterocycles. The van der Waals surface area contributed by atoms with E-state index in [9.17, 15) is 0 Å². The standard InChI is InChI=1S/C12H17N3O/c1-9(2)14-11(10-5-4-8-16-10)12-13-6-7-15(12)3/h4-9,11,14H,1-3H3. The van der Waals surface area contributed by atoms with Crippen molar-refractivity contribution in [2.75, 3.05) is 0 Å². The first-order chi connectivity index (χ1) is 7.68. The fourth-order valence-corrected chi connectivity index (χ4v) is 1.73. The van der Waals surface area contributed by atoms with Crippen LogP contribution < -0.4 is 5.32 Å². The molecule has 0 fully saturated rings. The lowest BCUT2D eigenvalue weighted by atomic mass is 10.2. The van der Waals surface area contributed by atoms with Gasteiger partial charge in [0.15, 0.2) is 0 Å². The van der Waals surface area contributed by atoms with Gasteiger partial charge in [0.1, 0.15) is 17.6 Å². The number of nitrogens with one attached hydrogen (secondary N) is 1. The van der Waals surface area contributed by atoms with Crippen molar-refractivity contribution in [3.05, 3.63) is 42.4 Å². The summed E-state index contributed by atoms with van der Waals surface area (Å²) in [6.07, 6.45) is 5.42. The smallest absolute Gasteiger partial charge is 0.133 e. The number of furan rings is 1. The number of aromatic nitrogens is 2. The summed E-state index contributed by atoms with van der Waals surface area (Å²) in [6, 6.07) is 4.24. The third kappa shape index (κ3) is 2.17. The van der Waals surface area contributed by atoms with Gasteiger partial charge in [0, 0.05) is 25.5 Å². The molecule has 0 aromatic carbocycles. The zero-order valence-corrected chi connectivity index (χ0v) is 9.84. The van der Waals surface area contributed by atoms with Gasteiger partial charge in [-0.1, -0.05) is 0 Å². The van der Waals surface area contributed by atoms with Gasteiger partial charge in [-0.25, -0.2) is 4.98 Å². The van der Waals surface area contributed by atoms with E-state index in [0.717, 1.165) is 11.6 Å². The highest BCUT2D eigenvalue weighted by Gasteiger charge is 2.21. The minimum Gasteiger partial charge on any atom is -0.467 e. The topological polar surface area (TPSA) is 43.0 Å². The van der Waals surface area contributed by atoms with Crippen molar-refractivity contribution in [3.63, 3.8) is 0 Å². The Kier molecular flexibility index (Phi) is 3.10. The van der Waals surface area contributed by atoms with Crippen molar-refractivity contribution in [2.24, 2.45) is 7.05 Å². The molecule has 0 aliphatic rings. The van der Waals surface area contributed by atoms with Gasteiger partial charge in [-0.15, -0.1) is 0 Å². The molecule has 16 heavy (non-hydrogen) atoms. The summed E-state index contributed by atoms with van der Waals surface area (Å²) >= 11 is 0. The first-order valence-corrected chi connectivity index (χ1v) is 5.45. The first-order valence-electron chi connectivity index (χ1n) is 5.45. The van der Waals surface area contributed by atoms with Crippen LogP contribution in [0.3, 0.4) is 0 Å². The van der Waals surface area contributed by atoms with Gasteiger partial charge >= 0.3 is 0 Å². The SMILES string of the molecule is CC(C)NC(c1ccco1)c1nccn1C. The van der Waals surface area contributed by atoms with Crippen LogP contribution in [0.15, 0.2) is 35.2 Å². The van der Waals surface area contributed by atoms with Crippen LogP contribution in [0.5, 0.6) is 0 Å². The van der Waals surface area contributed by atoms with E-state index in [1.54, 1.807) is 12.5 Å². The maximum atomic E-state index is 5.46. The summed E-state index contributed by atoms with van der Waals surface area (Å²) in [5.74, 6) is 1.85. The molecule has 0 bridgehead atoms. The number of aryl methyl sites for hydroxylation is 1. The highest BCUT2D eigenvalue weighted by Crippen LogP contribution is 2.21. The van der Waals surface area contributed by atoms with E-state index >= 15 is 0 Å². The predicted molar refractivity (Wildman–Crippen MR) is 62.0 cm³/mol. The number of rotatable bonds is 4. The van der Waals surface area contributed by atoms with E-state index in [4.69, 9.17) is 4.42 Å². The van der Waals surface area contributed by atoms with Gasteiger partial charge in [-0.2, -0.15) is 0 Å². The maximum Gasteiger partial charge on any atom is 0.133 e. The second-order valence-corrected chi connectivity index (χ2v) is 4.17. The minimum atomic E-state index is 0.00926. The minimum absolute atomic E-state index is 0.00926. The van der Waals surface area contributed by atoms with Crippen LogP contribution >= 0.6 is 0 Å². The highest BCUT2D eigenvalue weighted by molar-refractivity contribution is 5.15. The lowest BCUT2D eigenvalue weighted by molar-refractivity contribution is 0.408. The third-order valence-electron chi connectivity index (χ3n) is 2.44. The van der Waals surface area contributed by atoms with Gasteiger partial charge in [0.2, 0.25) is 0 Å². The quantitative estimate of drug-likeness (QED) is 0.856. The summed E-state index contributed by atoms with van der Waals surface area (Å²) < 4.78 is 7.46. The molecule has 1 N–H and O–H groups in total. The summed E-state index contributed by atoms with van der Waals surface area (Å²) in [4.78, 5) is 4.37. The molecule has 1 atom stereocenters. The van der Waals surface area contributed by atoms with E-state index in [0.29, 0.717) is 6.04 Å². The largest absolute Gasteiger partial charge is 0.467 e. The molecule has 0 aliphatic carbocycles. The van der Waals surface area contributed by atoms with Crippen molar-refractivity contribution in [3.8, 4) is 0 Å².